The van der Waals surface area contributed by atoms with Crippen molar-refractivity contribution in [3.05, 3.63) is 28.0 Å². The van der Waals surface area contributed by atoms with Crippen molar-refractivity contribution in [3.8, 4) is 0 Å². The average Bonchev–Trinajstić information content (AvgIpc) is 2.32. The van der Waals surface area contributed by atoms with Crippen molar-refractivity contribution in [2.45, 2.75) is 36.1 Å². The summed E-state index contributed by atoms with van der Waals surface area (Å²) in [7, 11) is -4.14. The topological polar surface area (TPSA) is 83.5 Å². The lowest BCUT2D eigenvalue weighted by atomic mass is 9.75. The zero-order valence-corrected chi connectivity index (χ0v) is 13.0. The van der Waals surface area contributed by atoms with Crippen LogP contribution in [0.1, 0.15) is 25.7 Å². The van der Waals surface area contributed by atoms with E-state index in [-0.39, 0.29) is 11.4 Å². The van der Waals surface area contributed by atoms with Crippen molar-refractivity contribution in [1.29, 1.82) is 0 Å². The van der Waals surface area contributed by atoms with Gasteiger partial charge in [0.25, 0.3) is 0 Å². The SMILES string of the molecule is O=C(O)CC1(NS(=O)(=O)c2ccc(Cl)c(F)c2Cl)CCC1. The Bertz CT molecular complexity index is 689. The fraction of sp³-hybridized carbons (Fsp3) is 0.417. The second kappa shape index (κ2) is 5.72. The maximum Gasteiger partial charge on any atom is 0.305 e. The molecule has 0 unspecified atom stereocenters. The summed E-state index contributed by atoms with van der Waals surface area (Å²) in [6.07, 6.45) is 1.21. The van der Waals surface area contributed by atoms with Crippen molar-refractivity contribution in [1.82, 2.24) is 4.72 Å². The molecule has 0 aromatic heterocycles. The van der Waals surface area contributed by atoms with Gasteiger partial charge in [-0.05, 0) is 31.4 Å². The summed E-state index contributed by atoms with van der Waals surface area (Å²) >= 11 is 11.2. The van der Waals surface area contributed by atoms with Gasteiger partial charge in [0.05, 0.1) is 16.5 Å². The molecule has 1 aliphatic rings. The van der Waals surface area contributed by atoms with E-state index < -0.39 is 37.3 Å². The number of aliphatic carboxylic acids is 1. The number of carboxylic acid groups (broad SMARTS) is 1. The predicted molar refractivity (Wildman–Crippen MR) is 75.6 cm³/mol. The summed E-state index contributed by atoms with van der Waals surface area (Å²) in [5.41, 5.74) is -1.04. The number of hydrogen-bond donors (Lipinski definition) is 2. The normalized spacial score (nSPS) is 17.3. The van der Waals surface area contributed by atoms with Crippen LogP contribution in [0.15, 0.2) is 17.0 Å². The Kier molecular flexibility index (Phi) is 4.49. The number of nitrogens with one attached hydrogen (secondary N) is 1. The van der Waals surface area contributed by atoms with E-state index in [1.54, 1.807) is 0 Å². The Morgan fingerprint density at radius 2 is 2.00 bits per heavy atom. The Morgan fingerprint density at radius 1 is 1.38 bits per heavy atom. The number of hydrogen-bond acceptors (Lipinski definition) is 3. The molecule has 21 heavy (non-hydrogen) atoms. The molecule has 2 N–H and O–H groups in total. The zero-order chi connectivity index (χ0) is 15.8. The lowest BCUT2D eigenvalue weighted by Crippen LogP contribution is -2.54. The molecule has 1 aliphatic carbocycles. The van der Waals surface area contributed by atoms with E-state index in [2.05, 4.69) is 4.72 Å². The zero-order valence-electron chi connectivity index (χ0n) is 10.7. The number of rotatable bonds is 5. The molecular formula is C12H12Cl2FNO4S. The summed E-state index contributed by atoms with van der Waals surface area (Å²) < 4.78 is 40.6. The summed E-state index contributed by atoms with van der Waals surface area (Å²) in [5, 5.41) is 7.98. The molecule has 1 fully saturated rings. The monoisotopic (exact) mass is 355 g/mol. The fourth-order valence-electron chi connectivity index (χ4n) is 2.26. The van der Waals surface area contributed by atoms with Crippen LogP contribution in [0.4, 0.5) is 4.39 Å². The molecule has 5 nitrogen and oxygen atoms in total. The van der Waals surface area contributed by atoms with E-state index in [1.807, 2.05) is 0 Å². The molecule has 116 valence electrons. The van der Waals surface area contributed by atoms with Crippen LogP contribution in [0.25, 0.3) is 0 Å². The van der Waals surface area contributed by atoms with Gasteiger partial charge in [0, 0.05) is 5.54 Å². The smallest absolute Gasteiger partial charge is 0.305 e. The molecule has 0 saturated heterocycles. The Balaban J connectivity index is 2.35. The maximum atomic E-state index is 13.6. The first-order valence-electron chi connectivity index (χ1n) is 6.06. The summed E-state index contributed by atoms with van der Waals surface area (Å²) in [6.45, 7) is 0. The van der Waals surface area contributed by atoms with E-state index in [0.29, 0.717) is 12.8 Å². The standard InChI is InChI=1S/C12H12Cl2FNO4S/c13-7-2-3-8(10(14)11(7)15)21(19,20)16-12(4-1-5-12)6-9(17)18/h2-3,16H,1,4-6H2,(H,17,18). The third-order valence-electron chi connectivity index (χ3n) is 3.44. The minimum absolute atomic E-state index is 0.289. The van der Waals surface area contributed by atoms with E-state index >= 15 is 0 Å². The molecule has 0 heterocycles. The highest BCUT2D eigenvalue weighted by molar-refractivity contribution is 7.89. The number of halogens is 3. The average molecular weight is 356 g/mol. The Labute approximate surface area is 131 Å². The van der Waals surface area contributed by atoms with Crippen molar-refractivity contribution >= 4 is 39.2 Å². The number of benzene rings is 1. The Hall–Kier alpha value is -0.890. The molecular weight excluding hydrogens is 344 g/mol. The number of carbonyl (C=O) groups is 1. The number of carboxylic acids is 1. The van der Waals surface area contributed by atoms with Gasteiger partial charge in [-0.15, -0.1) is 0 Å². The highest BCUT2D eigenvalue weighted by atomic mass is 35.5. The van der Waals surface area contributed by atoms with Crippen LogP contribution in [0.3, 0.4) is 0 Å². The van der Waals surface area contributed by atoms with Gasteiger partial charge in [-0.25, -0.2) is 17.5 Å². The maximum absolute atomic E-state index is 13.6. The second-order valence-electron chi connectivity index (χ2n) is 4.98. The Morgan fingerprint density at radius 3 is 2.48 bits per heavy atom. The lowest BCUT2D eigenvalue weighted by Gasteiger charge is -2.41. The van der Waals surface area contributed by atoms with Gasteiger partial charge < -0.3 is 5.11 Å². The van der Waals surface area contributed by atoms with Gasteiger partial charge in [-0.3, -0.25) is 4.79 Å². The lowest BCUT2D eigenvalue weighted by molar-refractivity contribution is -0.139. The van der Waals surface area contributed by atoms with Crippen molar-refractivity contribution < 1.29 is 22.7 Å². The van der Waals surface area contributed by atoms with Gasteiger partial charge in [0.1, 0.15) is 4.90 Å². The van der Waals surface area contributed by atoms with E-state index in [9.17, 15) is 17.6 Å². The number of sulfonamides is 1. The van der Waals surface area contributed by atoms with Crippen molar-refractivity contribution in [3.63, 3.8) is 0 Å². The van der Waals surface area contributed by atoms with E-state index in [0.717, 1.165) is 18.6 Å². The second-order valence-corrected chi connectivity index (χ2v) is 7.42. The largest absolute Gasteiger partial charge is 0.481 e. The molecule has 1 aromatic rings. The van der Waals surface area contributed by atoms with Crippen LogP contribution in [-0.2, 0) is 14.8 Å². The van der Waals surface area contributed by atoms with Crippen LogP contribution in [0.2, 0.25) is 10.0 Å². The van der Waals surface area contributed by atoms with Crippen LogP contribution in [-0.4, -0.2) is 25.0 Å². The van der Waals surface area contributed by atoms with E-state index in [1.165, 1.54) is 0 Å². The van der Waals surface area contributed by atoms with Gasteiger partial charge in [0.2, 0.25) is 10.0 Å². The first-order chi connectivity index (χ1) is 9.67. The molecule has 0 amide bonds. The highest BCUT2D eigenvalue weighted by Gasteiger charge is 2.43. The predicted octanol–water partition coefficient (Wildman–Crippen LogP) is 2.81. The van der Waals surface area contributed by atoms with Crippen LogP contribution in [0, 0.1) is 5.82 Å². The van der Waals surface area contributed by atoms with Gasteiger partial charge >= 0.3 is 5.97 Å². The highest BCUT2D eigenvalue weighted by Crippen LogP contribution is 2.37. The minimum Gasteiger partial charge on any atom is -0.481 e. The molecule has 0 spiro atoms. The van der Waals surface area contributed by atoms with E-state index in [4.69, 9.17) is 28.3 Å². The van der Waals surface area contributed by atoms with Gasteiger partial charge in [-0.1, -0.05) is 23.2 Å². The quantitative estimate of drug-likeness (QED) is 0.795. The molecule has 0 aliphatic heterocycles. The first-order valence-corrected chi connectivity index (χ1v) is 8.30. The summed E-state index contributed by atoms with van der Waals surface area (Å²) in [5.74, 6) is -2.13. The van der Waals surface area contributed by atoms with Crippen LogP contribution < -0.4 is 4.72 Å². The summed E-state index contributed by atoms with van der Waals surface area (Å²) in [6, 6.07) is 2.17. The third kappa shape index (κ3) is 3.31. The summed E-state index contributed by atoms with van der Waals surface area (Å²) in [4.78, 5) is 10.4. The van der Waals surface area contributed by atoms with Gasteiger partial charge in [0.15, 0.2) is 5.82 Å². The van der Waals surface area contributed by atoms with Crippen molar-refractivity contribution in [2.24, 2.45) is 0 Å². The van der Waals surface area contributed by atoms with Crippen LogP contribution in [0.5, 0.6) is 0 Å². The minimum atomic E-state index is -4.14. The molecule has 0 bridgehead atoms. The molecule has 9 heteroatoms. The van der Waals surface area contributed by atoms with Crippen LogP contribution >= 0.6 is 23.2 Å². The fourth-order valence-corrected chi connectivity index (χ4v) is 4.47. The first kappa shape index (κ1) is 16.5. The molecule has 1 aromatic carbocycles. The van der Waals surface area contributed by atoms with Gasteiger partial charge in [-0.2, -0.15) is 0 Å². The molecule has 0 radical (unpaired) electrons. The third-order valence-corrected chi connectivity index (χ3v) is 5.83. The molecule has 1 saturated carbocycles. The molecule has 2 rings (SSSR count). The molecule has 0 atom stereocenters. The van der Waals surface area contributed by atoms with Crippen molar-refractivity contribution in [2.75, 3.05) is 0 Å².